The lowest BCUT2D eigenvalue weighted by atomic mass is 9.88. The van der Waals surface area contributed by atoms with E-state index in [2.05, 4.69) is 26.0 Å². The van der Waals surface area contributed by atoms with Gasteiger partial charge in [-0.2, -0.15) is 4.79 Å². The molecule has 0 spiro atoms. The molecule has 178 valence electrons. The van der Waals surface area contributed by atoms with Gasteiger partial charge in [-0.05, 0) is 35.4 Å². The average molecular weight is 460 g/mol. The first-order valence-electron chi connectivity index (χ1n) is 12.1. The fourth-order valence-electron chi connectivity index (χ4n) is 5.29. The predicted octanol–water partition coefficient (Wildman–Crippen LogP) is 7.01. The molecule has 1 aliphatic heterocycles. The third-order valence-electron chi connectivity index (χ3n) is 7.16. The maximum absolute atomic E-state index is 14.5. The molecule has 4 atom stereocenters. The fraction of sp³-hybridized carbons (Fsp3) is 0.345. The standard InChI is InChI=1S/C29H33NO4/c1-3-22(4-2)25-17-11-12-21(18-25)19-26-20-34-28(24-15-9-6-10-16-24)27(30(26,33)29(31)32)23-13-7-5-8-14-23/h5-18,22,26-28H,3-4,19-20H2,1-2H3,(H,31,32). The van der Waals surface area contributed by atoms with E-state index in [9.17, 15) is 15.1 Å². The van der Waals surface area contributed by atoms with Crippen LogP contribution in [0.15, 0.2) is 84.9 Å². The summed E-state index contributed by atoms with van der Waals surface area (Å²) in [4.78, 5) is 12.7. The minimum atomic E-state index is -1.38. The summed E-state index contributed by atoms with van der Waals surface area (Å²) in [5, 5.41) is 24.8. The summed E-state index contributed by atoms with van der Waals surface area (Å²) in [5.74, 6) is 0.452. The second-order valence-corrected chi connectivity index (χ2v) is 9.13. The smallest absolute Gasteiger partial charge is 0.514 e. The Bertz CT molecular complexity index is 1080. The summed E-state index contributed by atoms with van der Waals surface area (Å²) in [7, 11) is 0. The number of benzene rings is 3. The SMILES string of the molecule is CCC(CC)c1cccc(CC2COC(c3ccccc3)C(c3ccccc3)[N+]2([O-])C(=O)O)c1. The molecule has 5 nitrogen and oxygen atoms in total. The Kier molecular flexibility index (Phi) is 7.47. The van der Waals surface area contributed by atoms with Crippen molar-refractivity contribution in [2.45, 2.75) is 57.2 Å². The predicted molar refractivity (Wildman–Crippen MR) is 133 cm³/mol. The molecule has 3 aromatic carbocycles. The largest absolute Gasteiger partial charge is 0.622 e. The number of carboxylic acid groups (broad SMARTS) is 1. The molecule has 1 saturated heterocycles. The van der Waals surface area contributed by atoms with Crippen LogP contribution in [-0.2, 0) is 11.2 Å². The molecule has 1 heterocycles. The lowest BCUT2D eigenvalue weighted by Crippen LogP contribution is -2.63. The van der Waals surface area contributed by atoms with Crippen LogP contribution in [0.4, 0.5) is 4.79 Å². The van der Waals surface area contributed by atoms with Crippen LogP contribution in [0.3, 0.4) is 0 Å². The van der Waals surface area contributed by atoms with E-state index >= 15 is 0 Å². The molecule has 0 radical (unpaired) electrons. The van der Waals surface area contributed by atoms with E-state index in [1.165, 1.54) is 5.56 Å². The molecule has 4 unspecified atom stereocenters. The highest BCUT2D eigenvalue weighted by Gasteiger charge is 2.53. The molecular weight excluding hydrogens is 426 g/mol. The van der Waals surface area contributed by atoms with E-state index in [4.69, 9.17) is 4.74 Å². The summed E-state index contributed by atoms with van der Waals surface area (Å²) in [6.07, 6.45) is 0.397. The number of quaternary nitrogens is 1. The van der Waals surface area contributed by atoms with Crippen molar-refractivity contribution < 1.29 is 19.3 Å². The number of nitrogens with zero attached hydrogens (tertiary/aromatic N) is 1. The van der Waals surface area contributed by atoms with Gasteiger partial charge in [0.2, 0.25) is 0 Å². The minimum absolute atomic E-state index is 0.0773. The Hall–Kier alpha value is -2.99. The average Bonchev–Trinajstić information content (AvgIpc) is 2.87. The van der Waals surface area contributed by atoms with Gasteiger partial charge in [-0.25, -0.2) is 4.65 Å². The van der Waals surface area contributed by atoms with E-state index in [0.717, 1.165) is 24.0 Å². The first-order chi connectivity index (χ1) is 16.5. The van der Waals surface area contributed by atoms with Crippen molar-refractivity contribution in [2.24, 2.45) is 0 Å². The lowest BCUT2D eigenvalue weighted by molar-refractivity contribution is -0.882. The van der Waals surface area contributed by atoms with Crippen molar-refractivity contribution in [2.75, 3.05) is 6.61 Å². The zero-order valence-corrected chi connectivity index (χ0v) is 19.8. The van der Waals surface area contributed by atoms with Gasteiger partial charge in [-0.3, -0.25) is 0 Å². The molecule has 0 aliphatic carbocycles. The number of ether oxygens (including phenoxy) is 1. The van der Waals surface area contributed by atoms with Crippen molar-refractivity contribution in [3.05, 3.63) is 112 Å². The van der Waals surface area contributed by atoms with Gasteiger partial charge in [-0.1, -0.05) is 98.8 Å². The molecule has 1 fully saturated rings. The van der Waals surface area contributed by atoms with Crippen molar-refractivity contribution in [3.63, 3.8) is 0 Å². The van der Waals surface area contributed by atoms with Gasteiger partial charge in [0.05, 0.1) is 0 Å². The van der Waals surface area contributed by atoms with E-state index < -0.39 is 28.9 Å². The monoisotopic (exact) mass is 459 g/mol. The Morgan fingerprint density at radius 3 is 2.18 bits per heavy atom. The zero-order valence-electron chi connectivity index (χ0n) is 19.8. The summed E-state index contributed by atoms with van der Waals surface area (Å²) in [6.45, 7) is 4.43. The Labute approximate surface area is 201 Å². The van der Waals surface area contributed by atoms with Gasteiger partial charge in [0, 0.05) is 12.0 Å². The van der Waals surface area contributed by atoms with Gasteiger partial charge in [0.25, 0.3) is 0 Å². The molecule has 0 saturated carbocycles. The number of carbonyl (C=O) groups is 1. The van der Waals surface area contributed by atoms with Crippen LogP contribution < -0.4 is 0 Å². The Morgan fingerprint density at radius 1 is 0.971 bits per heavy atom. The number of amides is 1. The molecule has 1 N–H and O–H groups in total. The molecule has 5 heteroatoms. The van der Waals surface area contributed by atoms with Crippen LogP contribution in [0.2, 0.25) is 0 Å². The molecule has 3 aromatic rings. The number of rotatable bonds is 7. The van der Waals surface area contributed by atoms with Crippen LogP contribution in [0, 0.1) is 5.21 Å². The van der Waals surface area contributed by atoms with Crippen LogP contribution in [0.1, 0.15) is 67.0 Å². The second kappa shape index (κ2) is 10.5. The Morgan fingerprint density at radius 2 is 1.59 bits per heavy atom. The van der Waals surface area contributed by atoms with Crippen LogP contribution in [-0.4, -0.2) is 28.5 Å². The zero-order chi connectivity index (χ0) is 24.1. The first kappa shape index (κ1) is 24.1. The first-order valence-corrected chi connectivity index (χ1v) is 12.1. The second-order valence-electron chi connectivity index (χ2n) is 9.13. The van der Waals surface area contributed by atoms with Crippen molar-refractivity contribution in [1.82, 2.24) is 0 Å². The molecule has 1 aliphatic rings. The maximum atomic E-state index is 14.5. The van der Waals surface area contributed by atoms with Gasteiger partial charge in [0.15, 0.2) is 6.04 Å². The number of morpholine rings is 1. The highest BCUT2D eigenvalue weighted by Crippen LogP contribution is 2.47. The van der Waals surface area contributed by atoms with Gasteiger partial charge < -0.3 is 15.1 Å². The highest BCUT2D eigenvalue weighted by molar-refractivity contribution is 5.58. The van der Waals surface area contributed by atoms with Crippen LogP contribution in [0.25, 0.3) is 0 Å². The molecule has 0 bridgehead atoms. The fourth-order valence-corrected chi connectivity index (χ4v) is 5.29. The topological polar surface area (TPSA) is 69.6 Å². The van der Waals surface area contributed by atoms with E-state index in [1.807, 2.05) is 72.8 Å². The van der Waals surface area contributed by atoms with Crippen LogP contribution >= 0.6 is 0 Å². The number of hydrogen-bond donors (Lipinski definition) is 1. The summed E-state index contributed by atoms with van der Waals surface area (Å²) in [5.41, 5.74) is 3.69. The van der Waals surface area contributed by atoms with E-state index in [1.54, 1.807) is 0 Å². The highest BCUT2D eigenvalue weighted by atomic mass is 16.6. The molecule has 4 rings (SSSR count). The third kappa shape index (κ3) is 4.64. The van der Waals surface area contributed by atoms with Gasteiger partial charge in [-0.15, -0.1) is 0 Å². The summed E-state index contributed by atoms with van der Waals surface area (Å²) < 4.78 is 4.94. The third-order valence-corrected chi connectivity index (χ3v) is 7.16. The minimum Gasteiger partial charge on any atom is -0.622 e. The Balaban J connectivity index is 1.74. The van der Waals surface area contributed by atoms with Crippen LogP contribution in [0.5, 0.6) is 0 Å². The van der Waals surface area contributed by atoms with Crippen molar-refractivity contribution in [1.29, 1.82) is 0 Å². The molecule has 1 amide bonds. The molecular formula is C29H33NO4. The quantitative estimate of drug-likeness (QED) is 0.305. The lowest BCUT2D eigenvalue weighted by Gasteiger charge is -2.54. The van der Waals surface area contributed by atoms with E-state index in [0.29, 0.717) is 17.9 Å². The van der Waals surface area contributed by atoms with E-state index in [-0.39, 0.29) is 6.61 Å². The summed E-state index contributed by atoms with van der Waals surface area (Å²) in [6, 6.07) is 25.2. The van der Waals surface area contributed by atoms with Gasteiger partial charge >= 0.3 is 6.09 Å². The van der Waals surface area contributed by atoms with Crippen molar-refractivity contribution >= 4 is 6.09 Å². The normalized spacial score (nSPS) is 24.8. The van der Waals surface area contributed by atoms with Gasteiger partial charge in [0.1, 0.15) is 18.8 Å². The molecule has 34 heavy (non-hydrogen) atoms. The maximum Gasteiger partial charge on any atom is 0.514 e. The molecule has 0 aromatic heterocycles. The number of hydrogen-bond acceptors (Lipinski definition) is 3. The summed E-state index contributed by atoms with van der Waals surface area (Å²) >= 11 is 0. The van der Waals surface area contributed by atoms with Crippen molar-refractivity contribution in [3.8, 4) is 0 Å². The number of hydroxylamine groups is 3.